The average molecular weight is 345 g/mol. The molecule has 0 heterocycles. The number of methoxy groups -OCH3 is 2. The third kappa shape index (κ3) is 6.70. The van der Waals surface area contributed by atoms with Gasteiger partial charge in [0.15, 0.2) is 0 Å². The first-order valence-electron chi connectivity index (χ1n) is 6.88. The Labute approximate surface area is 130 Å². The van der Waals surface area contributed by atoms with Crippen LogP contribution in [0.3, 0.4) is 0 Å². The lowest BCUT2D eigenvalue weighted by Gasteiger charge is -2.28. The molecule has 1 atom stereocenters. The molecule has 20 heavy (non-hydrogen) atoms. The predicted octanol–water partition coefficient (Wildman–Crippen LogP) is 2.84. The van der Waals surface area contributed by atoms with Crippen molar-refractivity contribution in [1.82, 2.24) is 4.90 Å². The van der Waals surface area contributed by atoms with Crippen molar-refractivity contribution in [2.24, 2.45) is 0 Å². The number of halogens is 1. The summed E-state index contributed by atoms with van der Waals surface area (Å²) in [5.41, 5.74) is 1.14. The maximum absolute atomic E-state index is 5.23. The van der Waals surface area contributed by atoms with E-state index in [9.17, 15) is 0 Å². The number of nitrogens with zero attached hydrogens (tertiary/aromatic N) is 1. The topological polar surface area (TPSA) is 33.7 Å². The van der Waals surface area contributed by atoms with Gasteiger partial charge in [-0.15, -0.1) is 0 Å². The minimum absolute atomic E-state index is 0.391. The molecule has 1 rings (SSSR count). The molecule has 0 fully saturated rings. The fourth-order valence-electron chi connectivity index (χ4n) is 2.02. The Hall–Kier alpha value is -0.620. The first kappa shape index (κ1) is 17.4. The van der Waals surface area contributed by atoms with Gasteiger partial charge in [-0.2, -0.15) is 0 Å². The van der Waals surface area contributed by atoms with Crippen LogP contribution in [-0.2, 0) is 9.47 Å². The molecule has 0 radical (unpaired) electrons. The zero-order chi connectivity index (χ0) is 14.8. The van der Waals surface area contributed by atoms with Crippen LogP contribution in [0.15, 0.2) is 28.7 Å². The molecule has 0 saturated carbocycles. The third-order valence-electron chi connectivity index (χ3n) is 3.19. The summed E-state index contributed by atoms with van der Waals surface area (Å²) in [5, 5.41) is 3.43. The van der Waals surface area contributed by atoms with E-state index in [0.29, 0.717) is 6.04 Å². The van der Waals surface area contributed by atoms with E-state index < -0.39 is 0 Å². The Morgan fingerprint density at radius 1 is 1.15 bits per heavy atom. The summed E-state index contributed by atoms with van der Waals surface area (Å²) in [6.45, 7) is 6.44. The van der Waals surface area contributed by atoms with Gasteiger partial charge in [-0.1, -0.05) is 15.9 Å². The van der Waals surface area contributed by atoms with E-state index in [1.807, 2.05) is 12.1 Å². The van der Waals surface area contributed by atoms with E-state index in [1.165, 1.54) is 0 Å². The first-order valence-corrected chi connectivity index (χ1v) is 7.68. The van der Waals surface area contributed by atoms with Crippen LogP contribution < -0.4 is 5.32 Å². The maximum Gasteiger partial charge on any atom is 0.0615 e. The highest BCUT2D eigenvalue weighted by molar-refractivity contribution is 9.10. The van der Waals surface area contributed by atoms with Crippen molar-refractivity contribution in [1.29, 1.82) is 0 Å². The molecule has 1 N–H and O–H groups in total. The molecule has 0 saturated heterocycles. The van der Waals surface area contributed by atoms with E-state index >= 15 is 0 Å². The summed E-state index contributed by atoms with van der Waals surface area (Å²) in [6.07, 6.45) is 0. The summed E-state index contributed by atoms with van der Waals surface area (Å²) in [5.74, 6) is 0. The molecule has 4 nitrogen and oxygen atoms in total. The van der Waals surface area contributed by atoms with Crippen LogP contribution in [-0.4, -0.2) is 58.0 Å². The minimum Gasteiger partial charge on any atom is -0.384 e. The Kier molecular flexibility index (Phi) is 8.85. The lowest BCUT2D eigenvalue weighted by molar-refractivity contribution is 0.0777. The van der Waals surface area contributed by atoms with Crippen molar-refractivity contribution in [3.05, 3.63) is 28.7 Å². The lowest BCUT2D eigenvalue weighted by atomic mass is 10.3. The van der Waals surface area contributed by atoms with E-state index in [2.05, 4.69) is 45.2 Å². The minimum atomic E-state index is 0.391. The van der Waals surface area contributed by atoms with Crippen molar-refractivity contribution < 1.29 is 9.47 Å². The number of hydrogen-bond donors (Lipinski definition) is 1. The van der Waals surface area contributed by atoms with Crippen molar-refractivity contribution in [2.75, 3.05) is 52.4 Å². The quantitative estimate of drug-likeness (QED) is 0.707. The molecule has 114 valence electrons. The number of ether oxygens (including phenoxy) is 2. The highest BCUT2D eigenvalue weighted by atomic mass is 79.9. The predicted molar refractivity (Wildman–Crippen MR) is 87.4 cm³/mol. The zero-order valence-electron chi connectivity index (χ0n) is 12.6. The van der Waals surface area contributed by atoms with Gasteiger partial charge in [0.1, 0.15) is 0 Å². The Morgan fingerprint density at radius 2 is 1.85 bits per heavy atom. The fraction of sp³-hybridized carbons (Fsp3) is 0.600. The van der Waals surface area contributed by atoms with Gasteiger partial charge < -0.3 is 14.8 Å². The average Bonchev–Trinajstić information content (AvgIpc) is 2.44. The molecule has 0 aliphatic carbocycles. The van der Waals surface area contributed by atoms with Crippen LogP contribution >= 0.6 is 15.9 Å². The molecule has 1 aromatic rings. The molecule has 1 unspecified atom stereocenters. The molecular weight excluding hydrogens is 320 g/mol. The van der Waals surface area contributed by atoms with Crippen LogP contribution in [0.2, 0.25) is 0 Å². The second-order valence-corrected chi connectivity index (χ2v) is 5.68. The standard InChI is InChI=1S/C15H25BrN2O2/c1-13(12-20-3)18(10-11-19-2)9-8-17-15-6-4-14(16)5-7-15/h4-7,13,17H,8-12H2,1-3H3. The molecule has 0 aliphatic rings. The molecule has 0 aromatic heterocycles. The van der Waals surface area contributed by atoms with Gasteiger partial charge in [-0.05, 0) is 31.2 Å². The maximum atomic E-state index is 5.23. The molecule has 0 amide bonds. The van der Waals surface area contributed by atoms with Crippen molar-refractivity contribution in [2.45, 2.75) is 13.0 Å². The summed E-state index contributed by atoms with van der Waals surface area (Å²) >= 11 is 3.44. The highest BCUT2D eigenvalue weighted by Gasteiger charge is 2.12. The normalized spacial score (nSPS) is 12.7. The van der Waals surface area contributed by atoms with Gasteiger partial charge in [0.25, 0.3) is 0 Å². The van der Waals surface area contributed by atoms with Crippen LogP contribution in [0, 0.1) is 0 Å². The second-order valence-electron chi connectivity index (χ2n) is 4.77. The number of anilines is 1. The molecule has 0 aliphatic heterocycles. The highest BCUT2D eigenvalue weighted by Crippen LogP contribution is 2.13. The fourth-order valence-corrected chi connectivity index (χ4v) is 2.28. The Balaban J connectivity index is 2.38. The van der Waals surface area contributed by atoms with Crippen LogP contribution in [0.4, 0.5) is 5.69 Å². The smallest absolute Gasteiger partial charge is 0.0615 e. The van der Waals surface area contributed by atoms with Crippen LogP contribution in [0.1, 0.15) is 6.92 Å². The largest absolute Gasteiger partial charge is 0.384 e. The van der Waals surface area contributed by atoms with Crippen molar-refractivity contribution in [3.8, 4) is 0 Å². The molecule has 1 aromatic carbocycles. The number of hydrogen-bond acceptors (Lipinski definition) is 4. The Morgan fingerprint density at radius 3 is 2.45 bits per heavy atom. The van der Waals surface area contributed by atoms with Gasteiger partial charge in [0.2, 0.25) is 0 Å². The van der Waals surface area contributed by atoms with Crippen LogP contribution in [0.5, 0.6) is 0 Å². The Bertz CT molecular complexity index is 359. The third-order valence-corrected chi connectivity index (χ3v) is 3.71. The summed E-state index contributed by atoms with van der Waals surface area (Å²) in [7, 11) is 3.48. The molecule has 5 heteroatoms. The number of benzene rings is 1. The van der Waals surface area contributed by atoms with Gasteiger partial charge >= 0.3 is 0 Å². The van der Waals surface area contributed by atoms with E-state index in [1.54, 1.807) is 14.2 Å². The first-order chi connectivity index (χ1) is 9.67. The lowest BCUT2D eigenvalue weighted by Crippen LogP contribution is -2.41. The molecule has 0 spiro atoms. The van der Waals surface area contributed by atoms with Gasteiger partial charge in [-0.25, -0.2) is 0 Å². The van der Waals surface area contributed by atoms with Crippen molar-refractivity contribution in [3.63, 3.8) is 0 Å². The molecular formula is C15H25BrN2O2. The number of nitrogens with one attached hydrogen (secondary N) is 1. The van der Waals surface area contributed by atoms with E-state index in [4.69, 9.17) is 9.47 Å². The number of rotatable bonds is 10. The second kappa shape index (κ2) is 10.2. The monoisotopic (exact) mass is 344 g/mol. The van der Waals surface area contributed by atoms with E-state index in [-0.39, 0.29) is 0 Å². The molecule has 0 bridgehead atoms. The SMILES string of the molecule is COCCN(CCNc1ccc(Br)cc1)C(C)COC. The van der Waals surface area contributed by atoms with Crippen molar-refractivity contribution >= 4 is 21.6 Å². The zero-order valence-corrected chi connectivity index (χ0v) is 14.1. The van der Waals surface area contributed by atoms with Crippen LogP contribution in [0.25, 0.3) is 0 Å². The van der Waals surface area contributed by atoms with E-state index in [0.717, 1.165) is 43.0 Å². The summed E-state index contributed by atoms with van der Waals surface area (Å²) < 4.78 is 11.5. The summed E-state index contributed by atoms with van der Waals surface area (Å²) in [4.78, 5) is 2.37. The summed E-state index contributed by atoms with van der Waals surface area (Å²) in [6, 6.07) is 8.61. The van der Waals surface area contributed by atoms with Gasteiger partial charge in [-0.3, -0.25) is 4.90 Å². The van der Waals surface area contributed by atoms with Gasteiger partial charge in [0.05, 0.1) is 13.2 Å². The van der Waals surface area contributed by atoms with Gasteiger partial charge in [0, 0.05) is 50.1 Å².